The molecule has 1 N–H and O–H groups in total. The molecular formula is C19H18BrN3O3S2. The molecule has 1 saturated heterocycles. The number of amides is 1. The average molecular weight is 480 g/mol. The maximum absolute atomic E-state index is 13.0. The Morgan fingerprint density at radius 1 is 1.21 bits per heavy atom. The molecule has 1 unspecified atom stereocenters. The van der Waals surface area contributed by atoms with Gasteiger partial charge in [-0.2, -0.15) is 4.31 Å². The van der Waals surface area contributed by atoms with Gasteiger partial charge in [0.25, 0.3) is 0 Å². The molecule has 3 aromatic rings. The fourth-order valence-electron chi connectivity index (χ4n) is 3.31. The summed E-state index contributed by atoms with van der Waals surface area (Å²) in [6.45, 7) is 0.637. The van der Waals surface area contributed by atoms with Gasteiger partial charge < -0.3 is 5.32 Å². The summed E-state index contributed by atoms with van der Waals surface area (Å²) in [7, 11) is -3.71. The molecule has 1 atom stereocenters. The van der Waals surface area contributed by atoms with E-state index in [1.165, 1.54) is 15.6 Å². The van der Waals surface area contributed by atoms with Crippen molar-refractivity contribution in [2.45, 2.75) is 30.3 Å². The molecule has 9 heteroatoms. The van der Waals surface area contributed by atoms with Gasteiger partial charge >= 0.3 is 0 Å². The SMILES string of the molecule is O=C(NCc1nc2ccccc2s1)C1CCCN1S(=O)(=O)c1ccc(Br)cc1. The molecular weight excluding hydrogens is 462 g/mol. The Morgan fingerprint density at radius 2 is 1.96 bits per heavy atom. The van der Waals surface area contributed by atoms with Gasteiger partial charge in [0.2, 0.25) is 15.9 Å². The fraction of sp³-hybridized carbons (Fsp3) is 0.263. The predicted molar refractivity (Wildman–Crippen MR) is 113 cm³/mol. The Balaban J connectivity index is 1.47. The molecule has 2 heterocycles. The number of nitrogens with zero attached hydrogens (tertiary/aromatic N) is 2. The molecule has 1 aliphatic rings. The lowest BCUT2D eigenvalue weighted by Crippen LogP contribution is -2.45. The van der Waals surface area contributed by atoms with Gasteiger partial charge in [0.1, 0.15) is 11.0 Å². The summed E-state index contributed by atoms with van der Waals surface area (Å²) in [4.78, 5) is 17.4. The van der Waals surface area contributed by atoms with E-state index in [2.05, 4.69) is 26.2 Å². The number of para-hydroxylation sites is 1. The van der Waals surface area contributed by atoms with Crippen LogP contribution >= 0.6 is 27.3 Å². The van der Waals surface area contributed by atoms with Crippen molar-refractivity contribution in [1.29, 1.82) is 0 Å². The highest BCUT2D eigenvalue weighted by Gasteiger charge is 2.39. The van der Waals surface area contributed by atoms with Gasteiger partial charge in [-0.05, 0) is 49.2 Å². The highest BCUT2D eigenvalue weighted by molar-refractivity contribution is 9.10. The second-order valence-electron chi connectivity index (χ2n) is 6.52. The standard InChI is InChI=1S/C19H18BrN3O3S2/c20-13-7-9-14(10-8-13)28(25,26)23-11-3-5-16(23)19(24)21-12-18-22-15-4-1-2-6-17(15)27-18/h1-2,4,6-10,16H,3,5,11-12H2,(H,21,24). The minimum absolute atomic E-state index is 0.196. The zero-order chi connectivity index (χ0) is 19.7. The monoisotopic (exact) mass is 479 g/mol. The van der Waals surface area contributed by atoms with Crippen LogP contribution < -0.4 is 5.32 Å². The van der Waals surface area contributed by atoms with Gasteiger partial charge in [-0.3, -0.25) is 4.79 Å². The first kappa shape index (κ1) is 19.5. The van der Waals surface area contributed by atoms with Gasteiger partial charge in [0.15, 0.2) is 0 Å². The van der Waals surface area contributed by atoms with Crippen LogP contribution in [0.4, 0.5) is 0 Å². The third kappa shape index (κ3) is 3.84. The number of nitrogens with one attached hydrogen (secondary N) is 1. The number of hydrogen-bond donors (Lipinski definition) is 1. The summed E-state index contributed by atoms with van der Waals surface area (Å²) >= 11 is 4.83. The van der Waals surface area contributed by atoms with E-state index < -0.39 is 16.1 Å². The Kier molecular flexibility index (Phi) is 5.50. The summed E-state index contributed by atoms with van der Waals surface area (Å²) in [5, 5.41) is 3.66. The second-order valence-corrected chi connectivity index (χ2v) is 10.4. The normalized spacial score (nSPS) is 17.8. The second kappa shape index (κ2) is 7.90. The maximum Gasteiger partial charge on any atom is 0.243 e. The van der Waals surface area contributed by atoms with E-state index in [0.29, 0.717) is 25.9 Å². The third-order valence-corrected chi connectivity index (χ3v) is 8.17. The Hall–Kier alpha value is -1.81. The quantitative estimate of drug-likeness (QED) is 0.606. The summed E-state index contributed by atoms with van der Waals surface area (Å²) in [5.41, 5.74) is 0.900. The molecule has 1 aliphatic heterocycles. The molecule has 0 spiro atoms. The average Bonchev–Trinajstić information content (AvgIpc) is 3.33. The number of benzene rings is 2. The fourth-order valence-corrected chi connectivity index (χ4v) is 6.14. The minimum Gasteiger partial charge on any atom is -0.348 e. The van der Waals surface area contributed by atoms with Crippen molar-refractivity contribution in [2.24, 2.45) is 0 Å². The van der Waals surface area contributed by atoms with E-state index >= 15 is 0 Å². The summed E-state index contributed by atoms with van der Waals surface area (Å²) in [6, 6.07) is 13.6. The molecule has 28 heavy (non-hydrogen) atoms. The summed E-state index contributed by atoms with van der Waals surface area (Å²) < 4.78 is 29.1. The molecule has 1 amide bonds. The highest BCUT2D eigenvalue weighted by atomic mass is 79.9. The van der Waals surface area contributed by atoms with Crippen LogP contribution in [-0.2, 0) is 21.4 Å². The van der Waals surface area contributed by atoms with Crippen molar-refractivity contribution >= 4 is 53.4 Å². The van der Waals surface area contributed by atoms with Crippen molar-refractivity contribution in [1.82, 2.24) is 14.6 Å². The number of sulfonamides is 1. The van der Waals surface area contributed by atoms with E-state index in [4.69, 9.17) is 0 Å². The number of thiazole rings is 1. The van der Waals surface area contributed by atoms with Crippen LogP contribution in [0.2, 0.25) is 0 Å². The predicted octanol–water partition coefficient (Wildman–Crippen LogP) is 3.53. The van der Waals surface area contributed by atoms with Crippen molar-refractivity contribution < 1.29 is 13.2 Å². The van der Waals surface area contributed by atoms with Gasteiger partial charge in [-0.1, -0.05) is 28.1 Å². The van der Waals surface area contributed by atoms with Gasteiger partial charge in [0.05, 0.1) is 21.7 Å². The van der Waals surface area contributed by atoms with Crippen LogP contribution in [-0.4, -0.2) is 36.2 Å². The van der Waals surface area contributed by atoms with Crippen LogP contribution in [0.25, 0.3) is 10.2 Å². The van der Waals surface area contributed by atoms with Crippen molar-refractivity contribution in [2.75, 3.05) is 6.54 Å². The molecule has 2 aromatic carbocycles. The molecule has 0 aliphatic carbocycles. The zero-order valence-electron chi connectivity index (χ0n) is 14.8. The number of carbonyl (C=O) groups excluding carboxylic acids is 1. The lowest BCUT2D eigenvalue weighted by atomic mass is 10.2. The number of aromatic nitrogens is 1. The number of rotatable bonds is 5. The number of hydrogen-bond acceptors (Lipinski definition) is 5. The minimum atomic E-state index is -3.71. The number of fused-ring (bicyclic) bond motifs is 1. The maximum atomic E-state index is 13.0. The van der Waals surface area contributed by atoms with E-state index in [0.717, 1.165) is 19.7 Å². The van der Waals surface area contributed by atoms with Crippen LogP contribution in [0.1, 0.15) is 17.8 Å². The summed E-state index contributed by atoms with van der Waals surface area (Å²) in [6.07, 6.45) is 1.18. The molecule has 1 aromatic heterocycles. The molecule has 6 nitrogen and oxygen atoms in total. The van der Waals surface area contributed by atoms with Crippen LogP contribution in [0.5, 0.6) is 0 Å². The first-order valence-electron chi connectivity index (χ1n) is 8.85. The van der Waals surface area contributed by atoms with Crippen LogP contribution in [0, 0.1) is 0 Å². The Bertz CT molecular complexity index is 1080. The molecule has 1 fully saturated rings. The van der Waals surface area contributed by atoms with E-state index in [1.807, 2.05) is 24.3 Å². The van der Waals surface area contributed by atoms with Crippen molar-refractivity contribution in [3.8, 4) is 0 Å². The lowest BCUT2D eigenvalue weighted by Gasteiger charge is -2.23. The first-order chi connectivity index (χ1) is 13.4. The third-order valence-electron chi connectivity index (χ3n) is 4.68. The van der Waals surface area contributed by atoms with Crippen LogP contribution in [0.3, 0.4) is 0 Å². The first-order valence-corrected chi connectivity index (χ1v) is 11.9. The Labute approximate surface area is 175 Å². The van der Waals surface area contributed by atoms with Crippen LogP contribution in [0.15, 0.2) is 57.9 Å². The van der Waals surface area contributed by atoms with Crippen molar-refractivity contribution in [3.63, 3.8) is 0 Å². The largest absolute Gasteiger partial charge is 0.348 e. The lowest BCUT2D eigenvalue weighted by molar-refractivity contribution is -0.124. The van der Waals surface area contributed by atoms with E-state index in [-0.39, 0.29) is 10.8 Å². The molecule has 4 rings (SSSR count). The highest BCUT2D eigenvalue weighted by Crippen LogP contribution is 2.27. The number of carbonyl (C=O) groups is 1. The molecule has 0 saturated carbocycles. The van der Waals surface area contributed by atoms with Gasteiger partial charge in [-0.15, -0.1) is 11.3 Å². The zero-order valence-corrected chi connectivity index (χ0v) is 18.1. The molecule has 0 bridgehead atoms. The summed E-state index contributed by atoms with van der Waals surface area (Å²) in [5.74, 6) is -0.280. The molecule has 146 valence electrons. The van der Waals surface area contributed by atoms with Gasteiger partial charge in [-0.25, -0.2) is 13.4 Å². The van der Waals surface area contributed by atoms with Crippen molar-refractivity contribution in [3.05, 3.63) is 58.0 Å². The Morgan fingerprint density at radius 3 is 2.71 bits per heavy atom. The molecule has 0 radical (unpaired) electrons. The van der Waals surface area contributed by atoms with E-state index in [9.17, 15) is 13.2 Å². The number of halogens is 1. The smallest absolute Gasteiger partial charge is 0.243 e. The van der Waals surface area contributed by atoms with E-state index in [1.54, 1.807) is 24.3 Å². The van der Waals surface area contributed by atoms with Gasteiger partial charge in [0, 0.05) is 11.0 Å². The topological polar surface area (TPSA) is 79.4 Å².